The van der Waals surface area contributed by atoms with E-state index < -0.39 is 11.0 Å². The molecule has 0 saturated heterocycles. The van der Waals surface area contributed by atoms with Gasteiger partial charge in [0, 0.05) is 6.07 Å². The summed E-state index contributed by atoms with van der Waals surface area (Å²) in [4.78, 5) is 9.89. The molecular formula is C8H7Cl2NO3. The highest BCUT2D eigenvalue weighted by Crippen LogP contribution is 2.27. The van der Waals surface area contributed by atoms with E-state index in [0.29, 0.717) is 5.56 Å². The highest BCUT2D eigenvalue weighted by molar-refractivity contribution is 6.32. The first-order chi connectivity index (χ1) is 6.56. The molecule has 0 bridgehead atoms. The van der Waals surface area contributed by atoms with Crippen LogP contribution in [0.15, 0.2) is 18.2 Å². The van der Waals surface area contributed by atoms with Crippen LogP contribution in [0, 0.1) is 10.1 Å². The van der Waals surface area contributed by atoms with E-state index in [2.05, 4.69) is 0 Å². The predicted octanol–water partition coefficient (Wildman–Crippen LogP) is 2.52. The van der Waals surface area contributed by atoms with Crippen LogP contribution >= 0.6 is 23.2 Å². The maximum absolute atomic E-state index is 10.5. The Morgan fingerprint density at radius 1 is 1.57 bits per heavy atom. The lowest BCUT2D eigenvalue weighted by atomic mass is 10.1. The summed E-state index contributed by atoms with van der Waals surface area (Å²) in [6.07, 6.45) is -0.910. The molecule has 0 amide bonds. The lowest BCUT2D eigenvalue weighted by Gasteiger charge is -2.06. The number of hydrogen-bond donors (Lipinski definition) is 1. The van der Waals surface area contributed by atoms with E-state index in [9.17, 15) is 15.2 Å². The van der Waals surface area contributed by atoms with Gasteiger partial charge in [0.2, 0.25) is 0 Å². The molecule has 0 aliphatic carbocycles. The molecule has 0 heterocycles. The molecule has 1 atom stereocenters. The van der Waals surface area contributed by atoms with Crippen molar-refractivity contribution in [3.63, 3.8) is 0 Å². The van der Waals surface area contributed by atoms with Crippen LogP contribution in [0.25, 0.3) is 0 Å². The minimum Gasteiger partial charge on any atom is -0.387 e. The monoisotopic (exact) mass is 235 g/mol. The molecule has 1 aromatic carbocycles. The zero-order valence-electron chi connectivity index (χ0n) is 6.98. The number of aliphatic hydroxyl groups excluding tert-OH is 1. The Bertz CT molecular complexity index is 356. The number of nitro benzene ring substituents is 1. The zero-order chi connectivity index (χ0) is 10.7. The largest absolute Gasteiger partial charge is 0.387 e. The quantitative estimate of drug-likeness (QED) is 0.498. The van der Waals surface area contributed by atoms with Crippen LogP contribution in [-0.2, 0) is 0 Å². The second kappa shape index (κ2) is 4.59. The summed E-state index contributed by atoms with van der Waals surface area (Å²) >= 11 is 11.0. The van der Waals surface area contributed by atoms with Gasteiger partial charge in [0.1, 0.15) is 5.02 Å². The van der Waals surface area contributed by atoms with E-state index in [0.717, 1.165) is 0 Å². The molecule has 6 heteroatoms. The van der Waals surface area contributed by atoms with Gasteiger partial charge in [0.25, 0.3) is 5.69 Å². The average molecular weight is 236 g/mol. The van der Waals surface area contributed by atoms with E-state index in [1.54, 1.807) is 0 Å². The molecule has 0 spiro atoms. The molecule has 1 rings (SSSR count). The number of halogens is 2. The van der Waals surface area contributed by atoms with Crippen LogP contribution in [0.3, 0.4) is 0 Å². The number of alkyl halides is 1. The first kappa shape index (κ1) is 11.2. The number of nitro groups is 1. The van der Waals surface area contributed by atoms with Crippen molar-refractivity contribution in [3.05, 3.63) is 38.9 Å². The fourth-order valence-electron chi connectivity index (χ4n) is 0.966. The van der Waals surface area contributed by atoms with Gasteiger partial charge < -0.3 is 5.11 Å². The van der Waals surface area contributed by atoms with Crippen LogP contribution in [0.2, 0.25) is 5.02 Å². The van der Waals surface area contributed by atoms with Crippen molar-refractivity contribution in [2.75, 3.05) is 5.88 Å². The first-order valence-electron chi connectivity index (χ1n) is 3.74. The molecule has 0 aromatic heterocycles. The number of hydrogen-bond acceptors (Lipinski definition) is 3. The van der Waals surface area contributed by atoms with Gasteiger partial charge in [0.05, 0.1) is 16.9 Å². The fourth-order valence-corrected chi connectivity index (χ4v) is 1.33. The third kappa shape index (κ3) is 2.35. The van der Waals surface area contributed by atoms with Gasteiger partial charge in [-0.2, -0.15) is 0 Å². The van der Waals surface area contributed by atoms with Gasteiger partial charge in [-0.15, -0.1) is 11.6 Å². The van der Waals surface area contributed by atoms with E-state index >= 15 is 0 Å². The van der Waals surface area contributed by atoms with Crippen molar-refractivity contribution >= 4 is 28.9 Å². The summed E-state index contributed by atoms with van der Waals surface area (Å²) in [5.41, 5.74) is 0.157. The summed E-state index contributed by atoms with van der Waals surface area (Å²) in [7, 11) is 0. The second-order valence-corrected chi connectivity index (χ2v) is 3.35. The average Bonchev–Trinajstić information content (AvgIpc) is 2.17. The molecule has 14 heavy (non-hydrogen) atoms. The summed E-state index contributed by atoms with van der Waals surface area (Å²) in [6, 6.07) is 4.09. The maximum atomic E-state index is 10.5. The minimum atomic E-state index is -0.910. The molecule has 4 nitrogen and oxygen atoms in total. The standard InChI is InChI=1S/C8H7Cl2NO3/c9-4-8(12)5-1-2-6(10)7(3-5)11(13)14/h1-3,8,12H,4H2. The number of nitrogens with zero attached hydrogens (tertiary/aromatic N) is 1. The lowest BCUT2D eigenvalue weighted by Crippen LogP contribution is -2.00. The van der Waals surface area contributed by atoms with Crippen molar-refractivity contribution in [1.82, 2.24) is 0 Å². The van der Waals surface area contributed by atoms with E-state index in [1.807, 2.05) is 0 Å². The van der Waals surface area contributed by atoms with Crippen LogP contribution in [0.1, 0.15) is 11.7 Å². The Morgan fingerprint density at radius 3 is 2.71 bits per heavy atom. The Balaban J connectivity index is 3.12. The third-order valence-corrected chi connectivity index (χ3v) is 2.31. The summed E-state index contributed by atoms with van der Waals surface area (Å²) in [6.45, 7) is 0. The maximum Gasteiger partial charge on any atom is 0.288 e. The molecule has 0 fully saturated rings. The molecule has 1 unspecified atom stereocenters. The number of rotatable bonds is 3. The molecule has 0 aliphatic rings. The van der Waals surface area contributed by atoms with E-state index in [1.165, 1.54) is 18.2 Å². The van der Waals surface area contributed by atoms with Crippen LogP contribution < -0.4 is 0 Å². The summed E-state index contributed by atoms with van der Waals surface area (Å²) < 4.78 is 0. The lowest BCUT2D eigenvalue weighted by molar-refractivity contribution is -0.384. The van der Waals surface area contributed by atoms with Crippen LogP contribution in [-0.4, -0.2) is 15.9 Å². The topological polar surface area (TPSA) is 63.4 Å². The number of aliphatic hydroxyl groups is 1. The Morgan fingerprint density at radius 2 is 2.21 bits per heavy atom. The molecule has 0 saturated carbocycles. The van der Waals surface area contributed by atoms with Crippen molar-refractivity contribution in [2.45, 2.75) is 6.10 Å². The van der Waals surface area contributed by atoms with E-state index in [4.69, 9.17) is 23.2 Å². The normalized spacial score (nSPS) is 12.5. The van der Waals surface area contributed by atoms with Crippen LogP contribution in [0.4, 0.5) is 5.69 Å². The predicted molar refractivity (Wildman–Crippen MR) is 53.8 cm³/mol. The Kier molecular flexibility index (Phi) is 3.69. The van der Waals surface area contributed by atoms with Crippen molar-refractivity contribution in [2.24, 2.45) is 0 Å². The van der Waals surface area contributed by atoms with Gasteiger partial charge in [-0.3, -0.25) is 10.1 Å². The minimum absolute atomic E-state index is 0.0151. The van der Waals surface area contributed by atoms with Crippen molar-refractivity contribution in [3.8, 4) is 0 Å². The summed E-state index contributed by atoms with van der Waals surface area (Å²) in [5, 5.41) is 19.9. The number of benzene rings is 1. The van der Waals surface area contributed by atoms with Gasteiger partial charge >= 0.3 is 0 Å². The highest BCUT2D eigenvalue weighted by atomic mass is 35.5. The molecular weight excluding hydrogens is 229 g/mol. The smallest absolute Gasteiger partial charge is 0.288 e. The molecule has 0 aliphatic heterocycles. The van der Waals surface area contributed by atoms with Crippen molar-refractivity contribution in [1.29, 1.82) is 0 Å². The van der Waals surface area contributed by atoms with Crippen molar-refractivity contribution < 1.29 is 10.0 Å². The summed E-state index contributed by atoms with van der Waals surface area (Å²) in [5.74, 6) is -0.0151. The van der Waals surface area contributed by atoms with Crippen LogP contribution in [0.5, 0.6) is 0 Å². The van der Waals surface area contributed by atoms with Gasteiger partial charge in [0.15, 0.2) is 0 Å². The van der Waals surface area contributed by atoms with E-state index in [-0.39, 0.29) is 16.6 Å². The molecule has 76 valence electrons. The first-order valence-corrected chi connectivity index (χ1v) is 4.65. The highest BCUT2D eigenvalue weighted by Gasteiger charge is 2.15. The fraction of sp³-hybridized carbons (Fsp3) is 0.250. The third-order valence-electron chi connectivity index (χ3n) is 1.70. The molecule has 0 radical (unpaired) electrons. The SMILES string of the molecule is O=[N+]([O-])c1cc(C(O)CCl)ccc1Cl. The Labute approximate surface area is 90.2 Å². The second-order valence-electron chi connectivity index (χ2n) is 2.64. The Hall–Kier alpha value is -0.840. The zero-order valence-corrected chi connectivity index (χ0v) is 8.50. The van der Waals surface area contributed by atoms with Gasteiger partial charge in [-0.1, -0.05) is 17.7 Å². The van der Waals surface area contributed by atoms with Gasteiger partial charge in [-0.05, 0) is 11.6 Å². The van der Waals surface area contributed by atoms with Gasteiger partial charge in [-0.25, -0.2) is 0 Å². The molecule has 1 aromatic rings. The molecule has 1 N–H and O–H groups in total.